The predicted octanol–water partition coefficient (Wildman–Crippen LogP) is 8.16. The Balaban J connectivity index is 1.98. The summed E-state index contributed by atoms with van der Waals surface area (Å²) in [6, 6.07) is 0. The van der Waals surface area contributed by atoms with Crippen LogP contribution in [0, 0.1) is 23.7 Å². The zero-order chi connectivity index (χ0) is 22.6. The van der Waals surface area contributed by atoms with E-state index in [1.54, 1.807) is 0 Å². The van der Waals surface area contributed by atoms with E-state index >= 15 is 0 Å². The van der Waals surface area contributed by atoms with E-state index < -0.39 is 0 Å². The Labute approximate surface area is 202 Å². The van der Waals surface area contributed by atoms with Gasteiger partial charge in [-0.25, -0.2) is 0 Å². The molecule has 0 aliphatic heterocycles. The van der Waals surface area contributed by atoms with E-state index in [2.05, 4.69) is 27.7 Å². The zero-order valence-corrected chi connectivity index (χ0v) is 22.0. The average Bonchev–Trinajstić information content (AvgIpc) is 2.75. The molecule has 0 bridgehead atoms. The van der Waals surface area contributed by atoms with Gasteiger partial charge in [0.2, 0.25) is 0 Å². The Kier molecular flexibility index (Phi) is 13.7. The normalized spacial score (nSPS) is 31.2. The van der Waals surface area contributed by atoms with Crippen LogP contribution >= 0.6 is 23.2 Å². The van der Waals surface area contributed by atoms with Gasteiger partial charge in [0, 0.05) is 36.8 Å². The average molecular weight is 480 g/mol. The van der Waals surface area contributed by atoms with Gasteiger partial charge in [0.25, 0.3) is 0 Å². The zero-order valence-electron chi connectivity index (χ0n) is 20.5. The summed E-state index contributed by atoms with van der Waals surface area (Å²) >= 11 is 13.0. The lowest BCUT2D eigenvalue weighted by molar-refractivity contribution is -0.255. The summed E-state index contributed by atoms with van der Waals surface area (Å²) in [6.07, 6.45) is 13.4. The number of hydrogen-bond donors (Lipinski definition) is 0. The second-order valence-corrected chi connectivity index (χ2v) is 11.0. The summed E-state index contributed by atoms with van der Waals surface area (Å²) in [6.45, 7) is 10.0. The fraction of sp³-hybridized carbons (Fsp3) is 1.00. The van der Waals surface area contributed by atoms with Crippen LogP contribution in [0.3, 0.4) is 0 Å². The molecule has 0 amide bonds. The van der Waals surface area contributed by atoms with Crippen molar-refractivity contribution < 1.29 is 14.2 Å². The molecule has 5 heteroatoms. The van der Waals surface area contributed by atoms with E-state index in [9.17, 15) is 0 Å². The van der Waals surface area contributed by atoms with Crippen molar-refractivity contribution in [2.45, 2.75) is 128 Å². The molecule has 0 radical (unpaired) electrons. The molecule has 0 aromatic carbocycles. The first-order valence-electron chi connectivity index (χ1n) is 13.2. The van der Waals surface area contributed by atoms with Crippen molar-refractivity contribution in [2.24, 2.45) is 23.7 Å². The largest absolute Gasteiger partial charge is 0.353 e. The van der Waals surface area contributed by atoms with Crippen LogP contribution in [0.4, 0.5) is 0 Å². The number of hydrogen-bond acceptors (Lipinski definition) is 3. The monoisotopic (exact) mass is 478 g/mol. The van der Waals surface area contributed by atoms with Crippen LogP contribution in [0.2, 0.25) is 0 Å². The molecule has 3 nitrogen and oxygen atoms in total. The Morgan fingerprint density at radius 1 is 0.677 bits per heavy atom. The molecule has 2 fully saturated rings. The van der Waals surface area contributed by atoms with Crippen molar-refractivity contribution in [3.63, 3.8) is 0 Å². The topological polar surface area (TPSA) is 27.7 Å². The SMILES string of the molecule is CCOC(C[C@@H](CC)C1CCCC(Cl)C1)OC(C[C@@H](CC)C1CCCC(Cl)C1)OCC. The van der Waals surface area contributed by atoms with E-state index in [1.165, 1.54) is 25.7 Å². The van der Waals surface area contributed by atoms with Gasteiger partial charge >= 0.3 is 0 Å². The molecular formula is C26H48Cl2O3. The third-order valence-corrected chi connectivity index (χ3v) is 8.48. The van der Waals surface area contributed by atoms with Crippen LogP contribution in [-0.2, 0) is 14.2 Å². The van der Waals surface area contributed by atoms with Crippen LogP contribution in [0.1, 0.15) is 105 Å². The highest BCUT2D eigenvalue weighted by Crippen LogP contribution is 2.39. The smallest absolute Gasteiger partial charge is 0.160 e. The minimum absolute atomic E-state index is 0.202. The summed E-state index contributed by atoms with van der Waals surface area (Å²) < 4.78 is 18.7. The van der Waals surface area contributed by atoms with Gasteiger partial charge in [-0.05, 0) is 63.2 Å². The first-order valence-corrected chi connectivity index (χ1v) is 14.0. The molecule has 31 heavy (non-hydrogen) atoms. The van der Waals surface area contributed by atoms with Crippen LogP contribution in [0.15, 0.2) is 0 Å². The van der Waals surface area contributed by atoms with Crippen molar-refractivity contribution in [3.8, 4) is 0 Å². The molecule has 0 spiro atoms. The highest BCUT2D eigenvalue weighted by atomic mass is 35.5. The van der Waals surface area contributed by atoms with Crippen LogP contribution in [0.5, 0.6) is 0 Å². The molecule has 0 aromatic rings. The molecule has 0 aromatic heterocycles. The van der Waals surface area contributed by atoms with E-state index in [1.807, 2.05) is 0 Å². The maximum atomic E-state index is 6.52. The molecule has 184 valence electrons. The van der Waals surface area contributed by atoms with Crippen LogP contribution < -0.4 is 0 Å². The Morgan fingerprint density at radius 3 is 1.42 bits per heavy atom. The highest BCUT2D eigenvalue weighted by Gasteiger charge is 2.32. The van der Waals surface area contributed by atoms with E-state index in [4.69, 9.17) is 37.4 Å². The second kappa shape index (κ2) is 15.4. The Bertz CT molecular complexity index is 424. The minimum Gasteiger partial charge on any atom is -0.353 e. The van der Waals surface area contributed by atoms with Gasteiger partial charge in [-0.15, -0.1) is 23.2 Å². The maximum absolute atomic E-state index is 6.52. The summed E-state index contributed by atoms with van der Waals surface area (Å²) in [5.41, 5.74) is 0. The Hall–Kier alpha value is 0.460. The number of halogens is 2. The third kappa shape index (κ3) is 9.69. The van der Waals surface area contributed by atoms with Gasteiger partial charge in [-0.1, -0.05) is 52.4 Å². The number of ether oxygens (including phenoxy) is 3. The summed E-state index contributed by atoms with van der Waals surface area (Å²) in [7, 11) is 0. The predicted molar refractivity (Wildman–Crippen MR) is 132 cm³/mol. The maximum Gasteiger partial charge on any atom is 0.160 e. The first-order chi connectivity index (χ1) is 15.0. The molecule has 0 heterocycles. The molecule has 8 atom stereocenters. The fourth-order valence-corrected chi connectivity index (χ4v) is 6.70. The molecular weight excluding hydrogens is 431 g/mol. The lowest BCUT2D eigenvalue weighted by atomic mass is 9.77. The Morgan fingerprint density at radius 2 is 1.10 bits per heavy atom. The molecule has 2 rings (SSSR count). The second-order valence-electron chi connectivity index (χ2n) is 9.76. The van der Waals surface area contributed by atoms with Gasteiger partial charge in [0.15, 0.2) is 12.6 Å². The molecule has 0 N–H and O–H groups in total. The van der Waals surface area contributed by atoms with Crippen molar-refractivity contribution in [1.82, 2.24) is 0 Å². The minimum atomic E-state index is -0.202. The van der Waals surface area contributed by atoms with Crippen molar-refractivity contribution in [1.29, 1.82) is 0 Å². The van der Waals surface area contributed by atoms with Crippen LogP contribution in [0.25, 0.3) is 0 Å². The van der Waals surface area contributed by atoms with E-state index in [-0.39, 0.29) is 12.6 Å². The van der Waals surface area contributed by atoms with E-state index in [0.717, 1.165) is 51.4 Å². The fourth-order valence-electron chi connectivity index (χ4n) is 5.93. The van der Waals surface area contributed by atoms with Gasteiger partial charge in [-0.2, -0.15) is 0 Å². The van der Waals surface area contributed by atoms with Gasteiger partial charge in [0.1, 0.15) is 0 Å². The van der Waals surface area contributed by atoms with Crippen molar-refractivity contribution in [3.05, 3.63) is 0 Å². The number of alkyl halides is 2. The van der Waals surface area contributed by atoms with Crippen molar-refractivity contribution >= 4 is 23.2 Å². The lowest BCUT2D eigenvalue weighted by Crippen LogP contribution is -2.34. The summed E-state index contributed by atoms with van der Waals surface area (Å²) in [5.74, 6) is 2.56. The van der Waals surface area contributed by atoms with Crippen molar-refractivity contribution in [2.75, 3.05) is 13.2 Å². The lowest BCUT2D eigenvalue weighted by Gasteiger charge is -2.36. The highest BCUT2D eigenvalue weighted by molar-refractivity contribution is 6.20. The third-order valence-electron chi connectivity index (χ3n) is 7.68. The first kappa shape index (κ1) is 27.7. The number of rotatable bonds is 14. The molecule has 2 aliphatic rings. The molecule has 6 unspecified atom stereocenters. The molecule has 0 saturated heterocycles. The van der Waals surface area contributed by atoms with Gasteiger partial charge in [-0.3, -0.25) is 0 Å². The van der Waals surface area contributed by atoms with Gasteiger partial charge < -0.3 is 14.2 Å². The summed E-state index contributed by atoms with van der Waals surface area (Å²) in [5, 5.41) is 0.670. The standard InChI is InChI=1S/C26H48Cl2O3/c1-5-19(21-11-9-13-23(27)15-21)17-25(29-7-3)31-26(30-8-4)18-20(6-2)22-12-10-14-24(28)16-22/h19-26H,5-18H2,1-4H3/t19-,20-,21?,22?,23?,24?,25?,26?/m1/s1. The molecule has 2 saturated carbocycles. The quantitative estimate of drug-likeness (QED) is 0.186. The van der Waals surface area contributed by atoms with Crippen LogP contribution in [-0.4, -0.2) is 36.5 Å². The van der Waals surface area contributed by atoms with E-state index in [0.29, 0.717) is 47.6 Å². The van der Waals surface area contributed by atoms with Gasteiger partial charge in [0.05, 0.1) is 0 Å². The molecule has 2 aliphatic carbocycles. The summed E-state index contributed by atoms with van der Waals surface area (Å²) in [4.78, 5) is 0.